The third kappa shape index (κ3) is 2.85. The Hall–Kier alpha value is -2.97. The van der Waals surface area contributed by atoms with E-state index >= 15 is 0 Å². The Balaban J connectivity index is 2.74. The van der Waals surface area contributed by atoms with Crippen LogP contribution in [0.15, 0.2) is 17.1 Å². The van der Waals surface area contributed by atoms with Gasteiger partial charge in [-0.1, -0.05) is 0 Å². The van der Waals surface area contributed by atoms with Gasteiger partial charge in [-0.05, 0) is 6.92 Å². The first-order valence-electron chi connectivity index (χ1n) is 6.58. The third-order valence-corrected chi connectivity index (χ3v) is 3.29. The molecular weight excluding hydrogens is 312 g/mol. The summed E-state index contributed by atoms with van der Waals surface area (Å²) in [6.07, 6.45) is 1.15. The van der Waals surface area contributed by atoms with Gasteiger partial charge in [-0.3, -0.25) is 14.4 Å². The lowest BCUT2D eigenvalue weighted by molar-refractivity contribution is -0.135. The lowest BCUT2D eigenvalue weighted by Gasteiger charge is -2.13. The zero-order valence-electron chi connectivity index (χ0n) is 12.0. The van der Waals surface area contributed by atoms with Crippen LogP contribution in [0, 0.1) is 11.6 Å². The van der Waals surface area contributed by atoms with Gasteiger partial charge in [0.05, 0.1) is 16.6 Å². The normalized spacial score (nSPS) is 10.7. The summed E-state index contributed by atoms with van der Waals surface area (Å²) < 4.78 is 28.5. The molecule has 0 saturated carbocycles. The van der Waals surface area contributed by atoms with Crippen molar-refractivity contribution < 1.29 is 23.5 Å². The van der Waals surface area contributed by atoms with Crippen LogP contribution in [0.3, 0.4) is 0 Å². The molecular formula is C14H13F2N3O4. The molecule has 1 aromatic carbocycles. The van der Waals surface area contributed by atoms with E-state index < -0.39 is 46.7 Å². The maximum absolute atomic E-state index is 13.6. The van der Waals surface area contributed by atoms with Crippen LogP contribution >= 0.6 is 0 Å². The van der Waals surface area contributed by atoms with Gasteiger partial charge in [-0.15, -0.1) is 0 Å². The molecule has 1 heterocycles. The molecule has 9 heteroatoms. The molecule has 2 rings (SSSR count). The van der Waals surface area contributed by atoms with Crippen molar-refractivity contribution >= 4 is 28.5 Å². The van der Waals surface area contributed by atoms with Crippen LogP contribution in [0.25, 0.3) is 10.9 Å². The number of fused-ring (bicyclic) bond motifs is 1. The van der Waals surface area contributed by atoms with Crippen molar-refractivity contribution in [1.82, 2.24) is 9.88 Å². The fraction of sp³-hybridized carbons (Fsp3) is 0.214. The van der Waals surface area contributed by atoms with Crippen molar-refractivity contribution in [2.45, 2.75) is 13.5 Å². The number of pyridine rings is 1. The molecule has 122 valence electrons. The van der Waals surface area contributed by atoms with Crippen LogP contribution in [0.5, 0.6) is 0 Å². The van der Waals surface area contributed by atoms with Crippen LogP contribution in [0.1, 0.15) is 17.3 Å². The maximum atomic E-state index is 13.6. The number of hydrogen-bond acceptors (Lipinski definition) is 4. The van der Waals surface area contributed by atoms with Gasteiger partial charge in [-0.25, -0.2) is 8.78 Å². The number of amides is 1. The first kappa shape index (κ1) is 16.4. The second kappa shape index (κ2) is 6.03. The number of nitrogen functional groups attached to an aromatic ring is 1. The Morgan fingerprint density at radius 2 is 2.04 bits per heavy atom. The second-order valence-electron chi connectivity index (χ2n) is 4.71. The van der Waals surface area contributed by atoms with Gasteiger partial charge in [0.25, 0.3) is 5.91 Å². The predicted octanol–water partition coefficient (Wildman–Crippen LogP) is 0.696. The van der Waals surface area contributed by atoms with Gasteiger partial charge >= 0.3 is 5.97 Å². The van der Waals surface area contributed by atoms with Gasteiger partial charge in [0.1, 0.15) is 12.1 Å². The molecule has 0 aliphatic carbocycles. The summed E-state index contributed by atoms with van der Waals surface area (Å²) in [6.45, 7) is 1.23. The lowest BCUT2D eigenvalue weighted by Crippen LogP contribution is -2.33. The molecule has 4 N–H and O–H groups in total. The Bertz CT molecular complexity index is 877. The van der Waals surface area contributed by atoms with Crippen molar-refractivity contribution in [3.63, 3.8) is 0 Å². The summed E-state index contributed by atoms with van der Waals surface area (Å²) >= 11 is 0. The number of hydrogen-bond donors (Lipinski definition) is 3. The van der Waals surface area contributed by atoms with E-state index in [4.69, 9.17) is 10.8 Å². The summed E-state index contributed by atoms with van der Waals surface area (Å²) in [5.41, 5.74) is 3.53. The Kier molecular flexibility index (Phi) is 4.30. The molecule has 0 spiro atoms. The van der Waals surface area contributed by atoms with Crippen LogP contribution in [-0.2, 0) is 11.3 Å². The highest BCUT2D eigenvalue weighted by Gasteiger charge is 2.21. The SMILES string of the molecule is CCn1cc(C(=O)NCC(=O)O)c(=O)c2c(N)c(F)c(F)cc21. The first-order chi connectivity index (χ1) is 10.8. The van der Waals surface area contributed by atoms with Gasteiger partial charge in [-0.2, -0.15) is 0 Å². The van der Waals surface area contributed by atoms with E-state index in [-0.39, 0.29) is 17.4 Å². The smallest absolute Gasteiger partial charge is 0.322 e. The fourth-order valence-electron chi connectivity index (χ4n) is 2.19. The van der Waals surface area contributed by atoms with Crippen molar-refractivity contribution in [1.29, 1.82) is 0 Å². The predicted molar refractivity (Wildman–Crippen MR) is 78.2 cm³/mol. The van der Waals surface area contributed by atoms with Gasteiger partial charge in [0.2, 0.25) is 5.43 Å². The standard InChI is InChI=1S/C14H13F2N3O4/c1-2-19-5-6(14(23)18-4-9(20)21)13(22)10-8(19)3-7(15)11(16)12(10)17/h3,5H,2,4,17H2,1H3,(H,18,23)(H,20,21). The molecule has 0 fully saturated rings. The number of carboxylic acids is 1. The number of nitrogens with one attached hydrogen (secondary N) is 1. The summed E-state index contributed by atoms with van der Waals surface area (Å²) in [4.78, 5) is 34.8. The maximum Gasteiger partial charge on any atom is 0.322 e. The molecule has 1 amide bonds. The highest BCUT2D eigenvalue weighted by Crippen LogP contribution is 2.24. The number of rotatable bonds is 4. The Labute approximate surface area is 128 Å². The molecule has 0 unspecified atom stereocenters. The summed E-state index contributed by atoms with van der Waals surface area (Å²) in [5.74, 6) is -4.81. The molecule has 0 aliphatic heterocycles. The number of aryl methyl sites for hydroxylation is 1. The number of carboxylic acid groups (broad SMARTS) is 1. The number of anilines is 1. The molecule has 0 radical (unpaired) electrons. The van der Waals surface area contributed by atoms with Gasteiger partial charge in [0.15, 0.2) is 11.6 Å². The topological polar surface area (TPSA) is 114 Å². The first-order valence-corrected chi connectivity index (χ1v) is 6.58. The number of halogens is 2. The van der Waals surface area contributed by atoms with Crippen molar-refractivity contribution in [3.05, 3.63) is 39.7 Å². The Morgan fingerprint density at radius 1 is 1.39 bits per heavy atom. The van der Waals surface area contributed by atoms with Crippen LogP contribution < -0.4 is 16.5 Å². The van der Waals surface area contributed by atoms with E-state index in [1.54, 1.807) is 6.92 Å². The van der Waals surface area contributed by atoms with E-state index in [2.05, 4.69) is 0 Å². The van der Waals surface area contributed by atoms with Crippen LogP contribution in [0.4, 0.5) is 14.5 Å². The van der Waals surface area contributed by atoms with E-state index in [9.17, 15) is 23.2 Å². The second-order valence-corrected chi connectivity index (χ2v) is 4.71. The average molecular weight is 325 g/mol. The van der Waals surface area contributed by atoms with E-state index in [1.807, 2.05) is 5.32 Å². The molecule has 0 aliphatic rings. The molecule has 1 aromatic heterocycles. The van der Waals surface area contributed by atoms with Crippen molar-refractivity contribution in [2.24, 2.45) is 0 Å². The summed E-state index contributed by atoms with van der Waals surface area (Å²) in [6, 6.07) is 0.824. The quantitative estimate of drug-likeness (QED) is 0.716. The minimum atomic E-state index is -1.37. The van der Waals surface area contributed by atoms with Crippen molar-refractivity contribution in [2.75, 3.05) is 12.3 Å². The van der Waals surface area contributed by atoms with E-state index in [0.29, 0.717) is 0 Å². The summed E-state index contributed by atoms with van der Waals surface area (Å²) in [7, 11) is 0. The summed E-state index contributed by atoms with van der Waals surface area (Å²) in [5, 5.41) is 10.3. The van der Waals surface area contributed by atoms with E-state index in [0.717, 1.165) is 12.3 Å². The Morgan fingerprint density at radius 3 is 2.61 bits per heavy atom. The monoisotopic (exact) mass is 325 g/mol. The largest absolute Gasteiger partial charge is 0.480 e. The molecule has 23 heavy (non-hydrogen) atoms. The molecule has 2 aromatic rings. The van der Waals surface area contributed by atoms with Crippen molar-refractivity contribution in [3.8, 4) is 0 Å². The molecule has 7 nitrogen and oxygen atoms in total. The zero-order valence-corrected chi connectivity index (χ0v) is 12.0. The molecule has 0 saturated heterocycles. The third-order valence-electron chi connectivity index (χ3n) is 3.29. The number of benzene rings is 1. The zero-order chi connectivity index (χ0) is 17.3. The lowest BCUT2D eigenvalue weighted by atomic mass is 10.1. The van der Waals surface area contributed by atoms with Gasteiger partial charge in [0, 0.05) is 18.8 Å². The number of aromatic nitrogens is 1. The fourth-order valence-corrected chi connectivity index (χ4v) is 2.19. The molecule has 0 bridgehead atoms. The van der Waals surface area contributed by atoms with Crippen LogP contribution in [0.2, 0.25) is 0 Å². The average Bonchev–Trinajstić information content (AvgIpc) is 2.50. The van der Waals surface area contributed by atoms with Gasteiger partial charge < -0.3 is 20.7 Å². The minimum absolute atomic E-state index is 0.0451. The highest BCUT2D eigenvalue weighted by atomic mass is 19.2. The minimum Gasteiger partial charge on any atom is -0.480 e. The number of carbonyl (C=O) groups is 2. The van der Waals surface area contributed by atoms with E-state index in [1.165, 1.54) is 4.57 Å². The number of aliphatic carboxylic acids is 1. The molecule has 0 atom stereocenters. The van der Waals surface area contributed by atoms with Crippen LogP contribution in [-0.4, -0.2) is 28.1 Å². The highest BCUT2D eigenvalue weighted by molar-refractivity contribution is 6.01. The number of carbonyl (C=O) groups excluding carboxylic acids is 1. The number of nitrogens with zero attached hydrogens (tertiary/aromatic N) is 1. The number of nitrogens with two attached hydrogens (primary N) is 1.